The monoisotopic (exact) mass is 451 g/mol. The van der Waals surface area contributed by atoms with Gasteiger partial charge in [-0.05, 0) is 37.7 Å². The van der Waals surface area contributed by atoms with E-state index < -0.39 is 0 Å². The highest BCUT2D eigenvalue weighted by Gasteiger charge is 2.25. The molecule has 1 aromatic rings. The third kappa shape index (κ3) is 7.34. The molecule has 6 heteroatoms. The number of nitrogens with zero attached hydrogens (tertiary/aromatic N) is 1. The van der Waals surface area contributed by atoms with Gasteiger partial charge in [0.15, 0.2) is 5.96 Å². The van der Waals surface area contributed by atoms with Crippen LogP contribution in [0.1, 0.15) is 45.6 Å². The van der Waals surface area contributed by atoms with Crippen LogP contribution in [0.3, 0.4) is 0 Å². The normalized spacial score (nSPS) is 11.8. The number of halogens is 2. The van der Waals surface area contributed by atoms with E-state index in [-0.39, 0.29) is 41.8 Å². The standard InChI is InChI=1S/C18H30FN3O.HI/c1-4-18(5-2,11-12-23)14-22-17(20-6-3)21-13-15-9-7-8-10-16(15)19;/h7-10,23H,4-6,11-14H2,1-3H3,(H2,20,21,22);1H. The summed E-state index contributed by atoms with van der Waals surface area (Å²) in [5.74, 6) is 0.448. The van der Waals surface area contributed by atoms with Gasteiger partial charge >= 0.3 is 0 Å². The SMILES string of the molecule is CCNC(=NCc1ccccc1F)NCC(CC)(CC)CCO.I. The highest BCUT2D eigenvalue weighted by molar-refractivity contribution is 14.0. The van der Waals surface area contributed by atoms with E-state index in [4.69, 9.17) is 0 Å². The third-order valence-electron chi connectivity index (χ3n) is 4.48. The van der Waals surface area contributed by atoms with Gasteiger partial charge in [0.1, 0.15) is 5.82 Å². The van der Waals surface area contributed by atoms with E-state index in [1.165, 1.54) is 6.07 Å². The molecule has 0 bridgehead atoms. The van der Waals surface area contributed by atoms with Crippen LogP contribution in [-0.4, -0.2) is 30.8 Å². The van der Waals surface area contributed by atoms with Crippen LogP contribution in [-0.2, 0) is 6.54 Å². The van der Waals surface area contributed by atoms with Crippen molar-refractivity contribution in [1.29, 1.82) is 0 Å². The molecule has 0 aliphatic heterocycles. The summed E-state index contributed by atoms with van der Waals surface area (Å²) in [6, 6.07) is 6.69. The second-order valence-corrected chi connectivity index (χ2v) is 5.82. The van der Waals surface area contributed by atoms with Gasteiger partial charge < -0.3 is 15.7 Å². The number of hydrogen-bond donors (Lipinski definition) is 3. The molecule has 0 spiro atoms. The summed E-state index contributed by atoms with van der Waals surface area (Å²) in [7, 11) is 0. The van der Waals surface area contributed by atoms with Crippen LogP contribution in [0.25, 0.3) is 0 Å². The zero-order chi connectivity index (χ0) is 17.1. The Morgan fingerprint density at radius 1 is 1.17 bits per heavy atom. The van der Waals surface area contributed by atoms with Crippen LogP contribution in [0.15, 0.2) is 29.3 Å². The summed E-state index contributed by atoms with van der Waals surface area (Å²) < 4.78 is 13.7. The molecule has 0 unspecified atom stereocenters. The second kappa shape index (κ2) is 12.5. The lowest BCUT2D eigenvalue weighted by Crippen LogP contribution is -2.43. The Morgan fingerprint density at radius 2 is 1.83 bits per heavy atom. The van der Waals surface area contributed by atoms with Crippen molar-refractivity contribution in [3.63, 3.8) is 0 Å². The number of guanidine groups is 1. The molecule has 0 amide bonds. The van der Waals surface area contributed by atoms with Gasteiger partial charge in [-0.15, -0.1) is 24.0 Å². The van der Waals surface area contributed by atoms with Crippen LogP contribution in [0.4, 0.5) is 4.39 Å². The van der Waals surface area contributed by atoms with E-state index in [0.717, 1.165) is 32.4 Å². The Bertz CT molecular complexity index is 493. The van der Waals surface area contributed by atoms with Crippen LogP contribution >= 0.6 is 24.0 Å². The smallest absolute Gasteiger partial charge is 0.191 e. The maximum absolute atomic E-state index is 13.7. The van der Waals surface area contributed by atoms with Crippen LogP contribution in [0, 0.1) is 11.2 Å². The summed E-state index contributed by atoms with van der Waals surface area (Å²) in [5, 5.41) is 15.8. The van der Waals surface area contributed by atoms with Crippen molar-refractivity contribution in [1.82, 2.24) is 10.6 Å². The van der Waals surface area contributed by atoms with Crippen molar-refractivity contribution in [2.75, 3.05) is 19.7 Å². The quantitative estimate of drug-likeness (QED) is 0.305. The van der Waals surface area contributed by atoms with Gasteiger partial charge in [0.2, 0.25) is 0 Å². The molecule has 0 aromatic heterocycles. The van der Waals surface area contributed by atoms with Crippen molar-refractivity contribution in [3.05, 3.63) is 35.6 Å². The van der Waals surface area contributed by atoms with Crippen molar-refractivity contribution in [3.8, 4) is 0 Å². The van der Waals surface area contributed by atoms with Crippen molar-refractivity contribution >= 4 is 29.9 Å². The molecular weight excluding hydrogens is 420 g/mol. The molecular formula is C18H31FIN3O. The van der Waals surface area contributed by atoms with Gasteiger partial charge in [0, 0.05) is 25.3 Å². The van der Waals surface area contributed by atoms with Crippen molar-refractivity contribution < 1.29 is 9.50 Å². The molecule has 0 radical (unpaired) electrons. The van der Waals surface area contributed by atoms with Crippen LogP contribution in [0.2, 0.25) is 0 Å². The minimum Gasteiger partial charge on any atom is -0.396 e. The average Bonchev–Trinajstić information content (AvgIpc) is 2.57. The van der Waals surface area contributed by atoms with Gasteiger partial charge in [-0.25, -0.2) is 9.38 Å². The average molecular weight is 451 g/mol. The lowest BCUT2D eigenvalue weighted by atomic mass is 9.79. The maximum Gasteiger partial charge on any atom is 0.191 e. The molecule has 1 aromatic carbocycles. The summed E-state index contributed by atoms with van der Waals surface area (Å²) in [6.07, 6.45) is 2.74. The number of aliphatic hydroxyl groups is 1. The van der Waals surface area contributed by atoms with E-state index in [1.807, 2.05) is 13.0 Å². The molecule has 0 fully saturated rings. The van der Waals surface area contributed by atoms with E-state index in [2.05, 4.69) is 29.5 Å². The van der Waals surface area contributed by atoms with Gasteiger partial charge in [0.25, 0.3) is 0 Å². The maximum atomic E-state index is 13.7. The molecule has 0 atom stereocenters. The first-order valence-electron chi connectivity index (χ1n) is 8.47. The zero-order valence-electron chi connectivity index (χ0n) is 14.9. The lowest BCUT2D eigenvalue weighted by Gasteiger charge is -2.32. The molecule has 4 nitrogen and oxygen atoms in total. The summed E-state index contributed by atoms with van der Waals surface area (Å²) >= 11 is 0. The van der Waals surface area contributed by atoms with Gasteiger partial charge in [-0.1, -0.05) is 32.0 Å². The van der Waals surface area contributed by atoms with Gasteiger partial charge in [-0.2, -0.15) is 0 Å². The molecule has 3 N–H and O–H groups in total. The van der Waals surface area contributed by atoms with E-state index >= 15 is 0 Å². The first kappa shape index (κ1) is 23.1. The number of nitrogens with one attached hydrogen (secondary N) is 2. The van der Waals surface area contributed by atoms with Gasteiger partial charge in [-0.3, -0.25) is 0 Å². The Balaban J connectivity index is 0.00000529. The van der Waals surface area contributed by atoms with Crippen molar-refractivity contribution in [2.45, 2.75) is 46.6 Å². The molecule has 138 valence electrons. The number of hydrogen-bond acceptors (Lipinski definition) is 2. The molecule has 0 saturated carbocycles. The largest absolute Gasteiger partial charge is 0.396 e. The van der Waals surface area contributed by atoms with E-state index in [0.29, 0.717) is 18.1 Å². The molecule has 0 saturated heterocycles. The predicted octanol–water partition coefficient (Wildman–Crippen LogP) is 3.69. The fraction of sp³-hybridized carbons (Fsp3) is 0.611. The number of aliphatic imine (C=N–C) groups is 1. The number of benzene rings is 1. The van der Waals surface area contributed by atoms with Crippen LogP contribution in [0.5, 0.6) is 0 Å². The molecule has 0 aliphatic carbocycles. The minimum atomic E-state index is -0.233. The summed E-state index contributed by atoms with van der Waals surface area (Å²) in [5.41, 5.74) is 0.639. The Hall–Kier alpha value is -0.890. The third-order valence-corrected chi connectivity index (χ3v) is 4.48. The molecule has 0 aliphatic rings. The Labute approximate surface area is 162 Å². The van der Waals surface area contributed by atoms with Gasteiger partial charge in [0.05, 0.1) is 6.54 Å². The number of aliphatic hydroxyl groups excluding tert-OH is 1. The van der Waals surface area contributed by atoms with Crippen molar-refractivity contribution in [2.24, 2.45) is 10.4 Å². The first-order valence-corrected chi connectivity index (χ1v) is 8.47. The highest BCUT2D eigenvalue weighted by Crippen LogP contribution is 2.29. The second-order valence-electron chi connectivity index (χ2n) is 5.82. The molecule has 24 heavy (non-hydrogen) atoms. The minimum absolute atomic E-state index is 0. The lowest BCUT2D eigenvalue weighted by molar-refractivity contribution is 0.169. The topological polar surface area (TPSA) is 56.7 Å². The highest BCUT2D eigenvalue weighted by atomic mass is 127. The Morgan fingerprint density at radius 3 is 2.38 bits per heavy atom. The molecule has 0 heterocycles. The fourth-order valence-corrected chi connectivity index (χ4v) is 2.58. The molecule has 1 rings (SSSR count). The van der Waals surface area contributed by atoms with Crippen LogP contribution < -0.4 is 10.6 Å². The summed E-state index contributed by atoms with van der Waals surface area (Å²) in [4.78, 5) is 4.47. The zero-order valence-corrected chi connectivity index (χ0v) is 17.3. The Kier molecular flexibility index (Phi) is 12.0. The predicted molar refractivity (Wildman–Crippen MR) is 109 cm³/mol. The first-order chi connectivity index (χ1) is 11.1. The van der Waals surface area contributed by atoms with E-state index in [1.54, 1.807) is 12.1 Å². The fourth-order valence-electron chi connectivity index (χ4n) is 2.58. The summed E-state index contributed by atoms with van der Waals surface area (Å²) in [6.45, 7) is 8.26. The van der Waals surface area contributed by atoms with E-state index in [9.17, 15) is 9.50 Å². The number of rotatable bonds is 9.